The van der Waals surface area contributed by atoms with Gasteiger partial charge in [0.05, 0.1) is 6.04 Å². The van der Waals surface area contributed by atoms with Crippen molar-refractivity contribution >= 4 is 17.5 Å². The molecule has 2 heterocycles. The number of nitrogens with zero attached hydrogens (tertiary/aromatic N) is 2. The van der Waals surface area contributed by atoms with Crippen LogP contribution in [-0.4, -0.2) is 61.5 Å². The fraction of sp³-hybridized carbons (Fsp3) is 0.556. The number of hydrogen-bond donors (Lipinski definition) is 2. The molecule has 1 aromatic rings. The number of anilines is 1. The number of benzene rings is 1. The molecular weight excluding hydrogens is 323 g/mol. The number of nitrogens with one attached hydrogen (secondary N) is 2. The van der Waals surface area contributed by atoms with Crippen LogP contribution in [0, 0.1) is 5.82 Å². The van der Waals surface area contributed by atoms with Crippen molar-refractivity contribution in [2.45, 2.75) is 31.8 Å². The Morgan fingerprint density at radius 3 is 2.56 bits per heavy atom. The van der Waals surface area contributed by atoms with Gasteiger partial charge >= 0.3 is 0 Å². The molecule has 0 radical (unpaired) electrons. The molecule has 2 amide bonds. The molecule has 3 rings (SSSR count). The van der Waals surface area contributed by atoms with Crippen LogP contribution in [0.1, 0.15) is 19.8 Å². The van der Waals surface area contributed by atoms with E-state index in [1.54, 1.807) is 12.1 Å². The molecule has 0 saturated carbocycles. The lowest BCUT2D eigenvalue weighted by Gasteiger charge is -2.39. The van der Waals surface area contributed by atoms with Crippen molar-refractivity contribution in [3.63, 3.8) is 0 Å². The van der Waals surface area contributed by atoms with E-state index in [9.17, 15) is 14.0 Å². The van der Waals surface area contributed by atoms with E-state index in [0.29, 0.717) is 13.0 Å². The molecule has 2 fully saturated rings. The third-order valence-electron chi connectivity index (χ3n) is 5.03. The summed E-state index contributed by atoms with van der Waals surface area (Å²) in [6, 6.07) is 5.81. The van der Waals surface area contributed by atoms with E-state index in [2.05, 4.69) is 20.4 Å². The van der Waals surface area contributed by atoms with Crippen molar-refractivity contribution in [2.75, 3.05) is 37.6 Å². The van der Waals surface area contributed by atoms with Gasteiger partial charge in [0.1, 0.15) is 11.9 Å². The minimum absolute atomic E-state index is 0.0899. The van der Waals surface area contributed by atoms with Gasteiger partial charge in [-0.05, 0) is 44.0 Å². The molecule has 0 unspecified atom stereocenters. The van der Waals surface area contributed by atoms with E-state index in [4.69, 9.17) is 0 Å². The zero-order valence-corrected chi connectivity index (χ0v) is 14.5. The first-order chi connectivity index (χ1) is 12.0. The third kappa shape index (κ3) is 4.28. The van der Waals surface area contributed by atoms with Crippen LogP contribution < -0.4 is 15.5 Å². The summed E-state index contributed by atoms with van der Waals surface area (Å²) in [5.41, 5.74) is 0.997. The molecule has 25 heavy (non-hydrogen) atoms. The monoisotopic (exact) mass is 348 g/mol. The highest BCUT2D eigenvalue weighted by atomic mass is 19.1. The Morgan fingerprint density at radius 2 is 1.92 bits per heavy atom. The van der Waals surface area contributed by atoms with Crippen molar-refractivity contribution in [2.24, 2.45) is 0 Å². The smallest absolute Gasteiger partial charge is 0.242 e. The minimum Gasteiger partial charge on any atom is -0.369 e. The zero-order chi connectivity index (χ0) is 17.8. The predicted octanol–water partition coefficient (Wildman–Crippen LogP) is 0.731. The molecule has 2 aliphatic rings. The number of hydrogen-bond acceptors (Lipinski definition) is 4. The molecular formula is C18H25FN4O2. The predicted molar refractivity (Wildman–Crippen MR) is 93.8 cm³/mol. The summed E-state index contributed by atoms with van der Waals surface area (Å²) in [7, 11) is 0. The van der Waals surface area contributed by atoms with Gasteiger partial charge in [0.2, 0.25) is 11.8 Å². The van der Waals surface area contributed by atoms with Gasteiger partial charge < -0.3 is 15.5 Å². The molecule has 0 bridgehead atoms. The average molecular weight is 348 g/mol. The van der Waals surface area contributed by atoms with Crippen LogP contribution in [-0.2, 0) is 9.59 Å². The first kappa shape index (κ1) is 17.7. The molecule has 0 aliphatic carbocycles. The highest BCUT2D eigenvalue weighted by molar-refractivity contribution is 5.89. The summed E-state index contributed by atoms with van der Waals surface area (Å²) >= 11 is 0. The van der Waals surface area contributed by atoms with Crippen LogP contribution in [0.25, 0.3) is 0 Å². The molecule has 6 nitrogen and oxygen atoms in total. The Morgan fingerprint density at radius 1 is 1.24 bits per heavy atom. The molecule has 2 N–H and O–H groups in total. The average Bonchev–Trinajstić information content (AvgIpc) is 2.64. The van der Waals surface area contributed by atoms with Crippen LogP contribution in [0.3, 0.4) is 0 Å². The van der Waals surface area contributed by atoms with Gasteiger partial charge in [-0.3, -0.25) is 14.5 Å². The number of piperidine rings is 1. The summed E-state index contributed by atoms with van der Waals surface area (Å²) in [6.07, 6.45) is 1.59. The molecule has 7 heteroatoms. The second kappa shape index (κ2) is 7.82. The van der Waals surface area contributed by atoms with Crippen molar-refractivity contribution in [1.29, 1.82) is 0 Å². The molecule has 2 saturated heterocycles. The first-order valence-corrected chi connectivity index (χ1v) is 8.87. The van der Waals surface area contributed by atoms with Crippen LogP contribution in [0.4, 0.5) is 10.1 Å². The van der Waals surface area contributed by atoms with Crippen molar-refractivity contribution in [3.05, 3.63) is 30.1 Å². The SMILES string of the molecule is C[C@@H](C(=O)N[C@@H]1CCCNC1=O)N1CCN(c2ccc(F)cc2)CC1. The second-order valence-corrected chi connectivity index (χ2v) is 6.67. The molecule has 2 aliphatic heterocycles. The Balaban J connectivity index is 1.50. The fourth-order valence-electron chi connectivity index (χ4n) is 3.39. The number of piperazine rings is 1. The van der Waals surface area contributed by atoms with Crippen LogP contribution in [0.15, 0.2) is 24.3 Å². The Labute approximate surface area is 147 Å². The van der Waals surface area contributed by atoms with Gasteiger partial charge in [-0.2, -0.15) is 0 Å². The summed E-state index contributed by atoms with van der Waals surface area (Å²) in [5.74, 6) is -0.426. The molecule has 0 spiro atoms. The van der Waals surface area contributed by atoms with Crippen molar-refractivity contribution in [3.8, 4) is 0 Å². The van der Waals surface area contributed by atoms with Crippen LogP contribution in [0.5, 0.6) is 0 Å². The van der Waals surface area contributed by atoms with Gasteiger partial charge in [-0.1, -0.05) is 0 Å². The quantitative estimate of drug-likeness (QED) is 0.842. The largest absolute Gasteiger partial charge is 0.369 e. The zero-order valence-electron chi connectivity index (χ0n) is 14.5. The third-order valence-corrected chi connectivity index (χ3v) is 5.03. The highest BCUT2D eigenvalue weighted by Gasteiger charge is 2.29. The van der Waals surface area contributed by atoms with Gasteiger partial charge in [-0.25, -0.2) is 4.39 Å². The van der Waals surface area contributed by atoms with Gasteiger partial charge in [0.25, 0.3) is 0 Å². The highest BCUT2D eigenvalue weighted by Crippen LogP contribution is 2.18. The van der Waals surface area contributed by atoms with Crippen LogP contribution >= 0.6 is 0 Å². The lowest BCUT2D eigenvalue weighted by atomic mass is 10.1. The Hall–Kier alpha value is -2.15. The van der Waals surface area contributed by atoms with Crippen molar-refractivity contribution in [1.82, 2.24) is 15.5 Å². The van der Waals surface area contributed by atoms with Crippen LogP contribution in [0.2, 0.25) is 0 Å². The number of carbonyl (C=O) groups is 2. The van der Waals surface area contributed by atoms with Crippen molar-refractivity contribution < 1.29 is 14.0 Å². The van der Waals surface area contributed by atoms with E-state index in [0.717, 1.165) is 38.3 Å². The van der Waals surface area contributed by atoms with E-state index in [1.165, 1.54) is 12.1 Å². The maximum absolute atomic E-state index is 13.0. The van der Waals surface area contributed by atoms with Gasteiger partial charge in [0.15, 0.2) is 0 Å². The number of halogens is 1. The number of amides is 2. The topological polar surface area (TPSA) is 64.7 Å². The normalized spacial score (nSPS) is 23.0. The second-order valence-electron chi connectivity index (χ2n) is 6.67. The maximum Gasteiger partial charge on any atom is 0.242 e. The fourth-order valence-corrected chi connectivity index (χ4v) is 3.39. The summed E-state index contributed by atoms with van der Waals surface area (Å²) in [6.45, 7) is 5.64. The molecule has 1 aromatic carbocycles. The first-order valence-electron chi connectivity index (χ1n) is 8.87. The summed E-state index contributed by atoms with van der Waals surface area (Å²) in [5, 5.41) is 5.65. The summed E-state index contributed by atoms with van der Waals surface area (Å²) in [4.78, 5) is 28.5. The lowest BCUT2D eigenvalue weighted by molar-refractivity contribution is -0.132. The molecule has 2 atom stereocenters. The standard InChI is InChI=1S/C18H25FN4O2/c1-13(17(24)21-16-3-2-8-20-18(16)25)22-9-11-23(12-10-22)15-6-4-14(19)5-7-15/h4-7,13,16H,2-3,8-12H2,1H3,(H,20,25)(H,21,24)/t13-,16+/m0/s1. The van der Waals surface area contributed by atoms with E-state index in [1.807, 2.05) is 6.92 Å². The lowest BCUT2D eigenvalue weighted by Crippen LogP contribution is -2.57. The number of carbonyl (C=O) groups excluding carboxylic acids is 2. The Kier molecular flexibility index (Phi) is 5.53. The van der Waals surface area contributed by atoms with Gasteiger partial charge in [-0.15, -0.1) is 0 Å². The van der Waals surface area contributed by atoms with Gasteiger partial charge in [0, 0.05) is 38.4 Å². The number of rotatable bonds is 4. The van der Waals surface area contributed by atoms with E-state index >= 15 is 0 Å². The maximum atomic E-state index is 13.0. The van der Waals surface area contributed by atoms with E-state index in [-0.39, 0.29) is 23.7 Å². The minimum atomic E-state index is -0.413. The summed E-state index contributed by atoms with van der Waals surface area (Å²) < 4.78 is 13.0. The van der Waals surface area contributed by atoms with E-state index < -0.39 is 6.04 Å². The molecule has 136 valence electrons. The Bertz CT molecular complexity index is 614. The molecule has 0 aromatic heterocycles.